The van der Waals surface area contributed by atoms with Gasteiger partial charge < -0.3 is 9.52 Å². The molecule has 0 aliphatic carbocycles. The Morgan fingerprint density at radius 2 is 1.62 bits per heavy atom. The Morgan fingerprint density at radius 3 is 2.19 bits per heavy atom. The fourth-order valence-electron chi connectivity index (χ4n) is 5.69. The number of aliphatic hydroxyl groups is 1. The minimum Gasteiger partial charge on any atom is -0.512 e. The zero-order chi connectivity index (χ0) is 34.9. The van der Waals surface area contributed by atoms with Crippen LogP contribution in [0, 0.1) is 16.9 Å². The first kappa shape index (κ1) is 39.7. The first-order chi connectivity index (χ1) is 22.0. The van der Waals surface area contributed by atoms with E-state index >= 15 is 0 Å². The second kappa shape index (κ2) is 15.4. The molecule has 0 fully saturated rings. The van der Waals surface area contributed by atoms with Gasteiger partial charge in [-0.25, -0.2) is 4.98 Å². The van der Waals surface area contributed by atoms with E-state index in [0.717, 1.165) is 74.7 Å². The van der Waals surface area contributed by atoms with E-state index in [4.69, 9.17) is 9.40 Å². The molecule has 0 amide bonds. The first-order valence-corrected chi connectivity index (χ1v) is 17.8. The van der Waals surface area contributed by atoms with Gasteiger partial charge in [0.25, 0.3) is 0 Å². The Balaban J connectivity index is 0.000000301. The molecular formula is C40H49IrN2O3S2-. The quantitative estimate of drug-likeness (QED) is 0.0668. The van der Waals surface area contributed by atoms with Gasteiger partial charge in [0.15, 0.2) is 5.78 Å². The molecule has 0 aliphatic heterocycles. The van der Waals surface area contributed by atoms with Gasteiger partial charge >= 0.3 is 0 Å². The van der Waals surface area contributed by atoms with Gasteiger partial charge in [0, 0.05) is 63.9 Å². The number of furan rings is 1. The second-order valence-electron chi connectivity index (χ2n) is 14.1. The average molecular weight is 862 g/mol. The van der Waals surface area contributed by atoms with Crippen LogP contribution < -0.4 is 0 Å². The summed E-state index contributed by atoms with van der Waals surface area (Å²) in [7, 11) is 0. The zero-order valence-electron chi connectivity index (χ0n) is 29.9. The molecule has 5 rings (SSSR count). The minimum absolute atomic E-state index is 0. The molecule has 0 bridgehead atoms. The predicted molar refractivity (Wildman–Crippen MR) is 203 cm³/mol. The topological polar surface area (TPSA) is 76.2 Å². The Morgan fingerprint density at radius 1 is 1.00 bits per heavy atom. The van der Waals surface area contributed by atoms with Crippen LogP contribution in [0.1, 0.15) is 106 Å². The fourth-order valence-corrected chi connectivity index (χ4v) is 7.15. The molecule has 259 valence electrons. The summed E-state index contributed by atoms with van der Waals surface area (Å²) in [4.78, 5) is 22.1. The van der Waals surface area contributed by atoms with Crippen molar-refractivity contribution in [2.75, 3.05) is 0 Å². The van der Waals surface area contributed by atoms with Crippen LogP contribution in [-0.2, 0) is 30.3 Å². The van der Waals surface area contributed by atoms with Gasteiger partial charge in [-0.2, -0.15) is 11.3 Å². The van der Waals surface area contributed by atoms with Crippen molar-refractivity contribution in [2.24, 2.45) is 10.8 Å². The third-order valence-corrected chi connectivity index (χ3v) is 11.3. The molecule has 0 aliphatic rings. The van der Waals surface area contributed by atoms with E-state index in [9.17, 15) is 9.90 Å². The van der Waals surface area contributed by atoms with Crippen molar-refractivity contribution in [2.45, 2.75) is 105 Å². The summed E-state index contributed by atoms with van der Waals surface area (Å²) in [6.45, 7) is 24.9. The number of fused-ring (bicyclic) bond motifs is 4. The summed E-state index contributed by atoms with van der Waals surface area (Å²) in [6, 6.07) is 11.8. The number of aromatic nitrogens is 2. The molecule has 1 N–H and O–H groups in total. The van der Waals surface area contributed by atoms with Crippen molar-refractivity contribution in [3.8, 4) is 11.3 Å². The molecule has 0 saturated carbocycles. The number of carbonyl (C=O) groups is 1. The van der Waals surface area contributed by atoms with Gasteiger partial charge in [0.1, 0.15) is 17.7 Å². The van der Waals surface area contributed by atoms with Crippen LogP contribution in [0.3, 0.4) is 0 Å². The van der Waals surface area contributed by atoms with E-state index in [2.05, 4.69) is 68.5 Å². The SMILES string of the molecule is C=C(C)c1c(S)ccc2oc3ncnc(-c4[c-]c5ccsc5c(C(C)(C)C)c4)c3c12.CCC(C)(CC)C(=O)/C=C(\O)C(C)(CC)CC.[Ir]. The van der Waals surface area contributed by atoms with Gasteiger partial charge in [-0.15, -0.1) is 36.2 Å². The molecule has 0 saturated heterocycles. The number of thiophene rings is 1. The summed E-state index contributed by atoms with van der Waals surface area (Å²) in [6.07, 6.45) is 6.31. The van der Waals surface area contributed by atoms with Crippen molar-refractivity contribution >= 4 is 67.5 Å². The summed E-state index contributed by atoms with van der Waals surface area (Å²) < 4.78 is 7.36. The van der Waals surface area contributed by atoms with Crippen molar-refractivity contribution < 1.29 is 34.4 Å². The molecule has 5 aromatic rings. The van der Waals surface area contributed by atoms with Crippen molar-refractivity contribution in [1.29, 1.82) is 0 Å². The summed E-state index contributed by atoms with van der Waals surface area (Å²) in [5.41, 5.74) is 5.66. The number of thiol groups is 1. The van der Waals surface area contributed by atoms with Crippen molar-refractivity contribution in [3.63, 3.8) is 0 Å². The molecule has 48 heavy (non-hydrogen) atoms. The third-order valence-electron chi connectivity index (χ3n) is 9.97. The van der Waals surface area contributed by atoms with E-state index in [-0.39, 0.29) is 47.9 Å². The number of hydrogen-bond acceptors (Lipinski definition) is 7. The normalized spacial score (nSPS) is 12.6. The van der Waals surface area contributed by atoms with Crippen LogP contribution in [0.5, 0.6) is 0 Å². The maximum absolute atomic E-state index is 12.2. The number of allylic oxidation sites excluding steroid dienone is 3. The Hall–Kier alpha value is -2.77. The standard InChI is InChI=1S/C25H21N2OS2.C15H28O2.Ir/c1-13(2)19-18(29)7-6-17-20(19)21-22(26-12-27-24(21)28-17)15-10-14-8-9-30-23(14)16(11-15)25(3,4)5;1-7-14(5,8-2)12(16)11-13(17)15(6,9-3)10-4;/h6-9,11-12,29H,1H2,2-5H3;11,16H,7-10H2,1-6H3;/q-1;;/b;12-11-;. The van der Waals surface area contributed by atoms with Crippen LogP contribution in [-0.4, -0.2) is 20.9 Å². The van der Waals surface area contributed by atoms with Gasteiger partial charge in [0.2, 0.25) is 5.71 Å². The number of carbonyl (C=O) groups excluding carboxylic acids is 1. The van der Waals surface area contributed by atoms with Crippen LogP contribution in [0.25, 0.3) is 49.0 Å². The van der Waals surface area contributed by atoms with Gasteiger partial charge in [-0.05, 0) is 65.8 Å². The second-order valence-corrected chi connectivity index (χ2v) is 15.5. The summed E-state index contributed by atoms with van der Waals surface area (Å²) >= 11 is 6.44. The van der Waals surface area contributed by atoms with E-state index in [0.29, 0.717) is 5.71 Å². The average Bonchev–Trinajstić information content (AvgIpc) is 3.67. The van der Waals surface area contributed by atoms with Crippen LogP contribution in [0.4, 0.5) is 0 Å². The Labute approximate surface area is 309 Å². The number of rotatable bonds is 9. The Bertz CT molecular complexity index is 1970. The first-order valence-electron chi connectivity index (χ1n) is 16.5. The predicted octanol–water partition coefficient (Wildman–Crippen LogP) is 12.3. The largest absolute Gasteiger partial charge is 0.512 e. The number of nitrogens with zero attached hydrogens (tertiary/aromatic N) is 2. The van der Waals surface area contributed by atoms with E-state index in [1.165, 1.54) is 16.3 Å². The molecule has 5 nitrogen and oxygen atoms in total. The third kappa shape index (κ3) is 7.67. The van der Waals surface area contributed by atoms with E-state index < -0.39 is 0 Å². The van der Waals surface area contributed by atoms with Gasteiger partial charge in [-0.3, -0.25) is 9.78 Å². The smallest absolute Gasteiger partial charge is 0.223 e. The van der Waals surface area contributed by atoms with Crippen molar-refractivity contribution in [3.05, 3.63) is 71.6 Å². The molecule has 3 aromatic heterocycles. The number of benzene rings is 2. The molecule has 0 atom stereocenters. The molecule has 0 unspecified atom stereocenters. The molecule has 0 spiro atoms. The number of aliphatic hydroxyl groups excluding tert-OH is 1. The maximum Gasteiger partial charge on any atom is 0.223 e. The Kier molecular flexibility index (Phi) is 12.7. The molecule has 2 aromatic carbocycles. The molecular weight excluding hydrogens is 813 g/mol. The monoisotopic (exact) mass is 862 g/mol. The van der Waals surface area contributed by atoms with Gasteiger partial charge in [-0.1, -0.05) is 80.0 Å². The van der Waals surface area contributed by atoms with Gasteiger partial charge in [0.05, 0.1) is 0 Å². The molecule has 3 heterocycles. The van der Waals surface area contributed by atoms with E-state index in [1.807, 2.05) is 60.6 Å². The zero-order valence-corrected chi connectivity index (χ0v) is 34.0. The number of hydrogen-bond donors (Lipinski definition) is 2. The number of ketones is 1. The summed E-state index contributed by atoms with van der Waals surface area (Å²) in [5.74, 6) is 0.286. The van der Waals surface area contributed by atoms with E-state index in [1.54, 1.807) is 17.7 Å². The minimum atomic E-state index is -0.337. The van der Waals surface area contributed by atoms with Crippen LogP contribution >= 0.6 is 24.0 Å². The van der Waals surface area contributed by atoms with Crippen molar-refractivity contribution in [1.82, 2.24) is 9.97 Å². The van der Waals surface area contributed by atoms with Crippen LogP contribution in [0.2, 0.25) is 0 Å². The maximum atomic E-state index is 12.2. The molecule has 8 heteroatoms. The fraction of sp³-hybridized carbons (Fsp3) is 0.425. The molecule has 1 radical (unpaired) electrons. The van der Waals surface area contributed by atoms with Crippen LogP contribution in [0.15, 0.2) is 63.7 Å². The summed E-state index contributed by atoms with van der Waals surface area (Å²) in [5, 5.41) is 15.2.